The van der Waals surface area contributed by atoms with Gasteiger partial charge in [0.1, 0.15) is 30.5 Å². The van der Waals surface area contributed by atoms with Gasteiger partial charge in [0, 0.05) is 49.8 Å². The summed E-state index contributed by atoms with van der Waals surface area (Å²) in [6.07, 6.45) is -8.18. The lowest BCUT2D eigenvalue weighted by atomic mass is 9.73. The highest BCUT2D eigenvalue weighted by Crippen LogP contribution is 2.42. The Hall–Kier alpha value is -1.02. The molecule has 328 valence electrons. The summed E-state index contributed by atoms with van der Waals surface area (Å²) in [4.78, 5) is 22.0. The van der Waals surface area contributed by atoms with Gasteiger partial charge in [-0.25, -0.2) is 0 Å². The molecule has 3 fully saturated rings. The van der Waals surface area contributed by atoms with Crippen LogP contribution in [0.3, 0.4) is 0 Å². The first kappa shape index (κ1) is 49.3. The Kier molecular flexibility index (Phi) is 18.1. The molecular weight excluding hydrogens is 796 g/mol. The molecule has 3 saturated heterocycles. The van der Waals surface area contributed by atoms with Crippen LogP contribution in [0, 0.1) is 23.7 Å². The van der Waals surface area contributed by atoms with Gasteiger partial charge in [0.15, 0.2) is 12.6 Å². The minimum atomic E-state index is -1.89. The molecule has 3 rings (SSSR count). The average Bonchev–Trinajstić information content (AvgIpc) is 3.14. The standard InChI is InChI=1S/C40H73BrN2O13/c1-15-28-40(10,48)33(45)23(4)30(42-51-17-16-41)21(2)19-39(9,50-14)35(56-37-31(44)27(43(11)12)18-22(3)52-37)24(5)32(25(6)36(47)54-28)55-29-20-38(8,49-13)34(46)26(7)53-29/h21-29,31-35,37,44-46,48H,15-20H2,1-14H3/b42-30+/t21-,22-,23+,24+,25-,26?,27+,28-,29?,31-,32+,33-,34?,35-,37+,38?,39-,40-/m1/s1. The lowest BCUT2D eigenvalue weighted by Crippen LogP contribution is -2.61. The Labute approximate surface area is 343 Å². The van der Waals surface area contributed by atoms with Gasteiger partial charge in [-0.05, 0) is 74.9 Å². The van der Waals surface area contributed by atoms with E-state index in [0.29, 0.717) is 17.5 Å². The molecule has 18 atom stereocenters. The number of likely N-dealkylation sites (N-methyl/N-ethyl adjacent to an activating group) is 1. The first-order valence-corrected chi connectivity index (χ1v) is 21.3. The van der Waals surface area contributed by atoms with Crippen LogP contribution in [0.25, 0.3) is 0 Å². The zero-order valence-corrected chi connectivity index (χ0v) is 37.7. The van der Waals surface area contributed by atoms with Gasteiger partial charge in [-0.15, -0.1) is 0 Å². The highest BCUT2D eigenvalue weighted by atomic mass is 79.9. The molecule has 15 nitrogen and oxygen atoms in total. The van der Waals surface area contributed by atoms with Crippen LogP contribution in [0.15, 0.2) is 5.16 Å². The summed E-state index contributed by atoms with van der Waals surface area (Å²) in [5.74, 6) is -3.53. The number of methoxy groups -OCH3 is 2. The van der Waals surface area contributed by atoms with Crippen molar-refractivity contribution in [3.05, 3.63) is 0 Å². The SMILES string of the molecule is CC[C@H]1OC(=O)[C@H](C)[C@@H](OC2CC(C)(OC)C(O)C(C)O2)[C@H](C)[C@@H](O[C@@H]2O[C@H](C)C[C@H](N(C)C)[C@H]2O)[C@](C)(OC)C[C@@H](C)/C(=N\OCCBr)[C@H](C)[C@@H](O)[C@]1(C)O. The van der Waals surface area contributed by atoms with Crippen molar-refractivity contribution in [1.82, 2.24) is 4.90 Å². The minimum Gasteiger partial charge on any atom is -0.459 e. The van der Waals surface area contributed by atoms with Gasteiger partial charge in [-0.3, -0.25) is 4.79 Å². The van der Waals surface area contributed by atoms with E-state index in [1.54, 1.807) is 41.7 Å². The van der Waals surface area contributed by atoms with Crippen LogP contribution in [-0.4, -0.2) is 162 Å². The van der Waals surface area contributed by atoms with E-state index in [-0.39, 0.29) is 38.0 Å². The maximum Gasteiger partial charge on any atom is 0.311 e. The summed E-state index contributed by atoms with van der Waals surface area (Å²) in [7, 11) is 6.89. The number of esters is 1. The van der Waals surface area contributed by atoms with E-state index in [4.69, 9.17) is 38.0 Å². The van der Waals surface area contributed by atoms with Crippen molar-refractivity contribution >= 4 is 27.6 Å². The zero-order valence-electron chi connectivity index (χ0n) is 36.1. The van der Waals surface area contributed by atoms with Gasteiger partial charge in [-0.1, -0.05) is 48.8 Å². The fourth-order valence-corrected chi connectivity index (χ4v) is 9.07. The normalized spacial score (nSPS) is 47.0. The van der Waals surface area contributed by atoms with Crippen LogP contribution in [0.1, 0.15) is 94.9 Å². The highest BCUT2D eigenvalue weighted by molar-refractivity contribution is 9.09. The Bertz CT molecular complexity index is 1280. The Morgan fingerprint density at radius 2 is 1.54 bits per heavy atom. The van der Waals surface area contributed by atoms with E-state index < -0.39 is 102 Å². The number of nitrogens with zero attached hydrogens (tertiary/aromatic N) is 2. The van der Waals surface area contributed by atoms with Crippen LogP contribution in [-0.2, 0) is 42.8 Å². The monoisotopic (exact) mass is 868 g/mol. The molecule has 4 N–H and O–H groups in total. The molecule has 3 aliphatic rings. The Morgan fingerprint density at radius 3 is 2.09 bits per heavy atom. The number of carbonyl (C=O) groups excluding carboxylic acids is 1. The molecule has 0 aromatic rings. The van der Waals surface area contributed by atoms with E-state index in [1.807, 2.05) is 46.7 Å². The van der Waals surface area contributed by atoms with Crippen molar-refractivity contribution in [1.29, 1.82) is 0 Å². The molecule has 0 bridgehead atoms. The predicted octanol–water partition coefficient (Wildman–Crippen LogP) is 3.64. The maximum absolute atomic E-state index is 14.4. The third-order valence-electron chi connectivity index (χ3n) is 12.6. The molecule has 3 heterocycles. The first-order valence-electron chi connectivity index (χ1n) is 20.1. The number of cyclic esters (lactones) is 1. The predicted molar refractivity (Wildman–Crippen MR) is 213 cm³/mol. The van der Waals surface area contributed by atoms with Crippen LogP contribution in [0.5, 0.6) is 0 Å². The van der Waals surface area contributed by atoms with Gasteiger partial charge < -0.3 is 63.3 Å². The summed E-state index contributed by atoms with van der Waals surface area (Å²) in [6.45, 7) is 18.1. The number of carbonyl (C=O) groups is 1. The van der Waals surface area contributed by atoms with Crippen molar-refractivity contribution in [3.63, 3.8) is 0 Å². The van der Waals surface area contributed by atoms with E-state index in [1.165, 1.54) is 14.0 Å². The molecule has 0 aromatic carbocycles. The largest absolute Gasteiger partial charge is 0.459 e. The van der Waals surface area contributed by atoms with E-state index in [9.17, 15) is 25.2 Å². The van der Waals surface area contributed by atoms with Crippen LogP contribution in [0.2, 0.25) is 0 Å². The zero-order chi connectivity index (χ0) is 42.5. The van der Waals surface area contributed by atoms with Crippen molar-refractivity contribution in [2.45, 2.75) is 179 Å². The molecule has 16 heteroatoms. The third kappa shape index (κ3) is 11.0. The molecule has 3 aliphatic heterocycles. The molecule has 56 heavy (non-hydrogen) atoms. The topological polar surface area (TPSA) is 187 Å². The third-order valence-corrected chi connectivity index (χ3v) is 13.0. The van der Waals surface area contributed by atoms with E-state index >= 15 is 0 Å². The molecular formula is C40H73BrN2O13. The number of halogens is 1. The molecule has 0 amide bonds. The van der Waals surface area contributed by atoms with Gasteiger partial charge in [-0.2, -0.15) is 0 Å². The van der Waals surface area contributed by atoms with Crippen molar-refractivity contribution in [3.8, 4) is 0 Å². The lowest BCUT2D eigenvalue weighted by molar-refractivity contribution is -0.319. The number of hydrogen-bond donors (Lipinski definition) is 4. The number of aliphatic hydroxyl groups is 4. The average molecular weight is 870 g/mol. The summed E-state index contributed by atoms with van der Waals surface area (Å²) in [5.41, 5.74) is -3.64. The maximum atomic E-state index is 14.4. The van der Waals surface area contributed by atoms with Crippen molar-refractivity contribution < 1.29 is 63.2 Å². The molecule has 0 radical (unpaired) electrons. The lowest BCUT2D eigenvalue weighted by Gasteiger charge is -2.50. The highest BCUT2D eigenvalue weighted by Gasteiger charge is 2.54. The second-order valence-corrected chi connectivity index (χ2v) is 18.1. The van der Waals surface area contributed by atoms with E-state index in [2.05, 4.69) is 21.1 Å². The Balaban J connectivity index is 2.28. The summed E-state index contributed by atoms with van der Waals surface area (Å²) in [5, 5.41) is 51.5. The molecule has 0 saturated carbocycles. The van der Waals surface area contributed by atoms with Crippen molar-refractivity contribution in [2.75, 3.05) is 40.3 Å². The van der Waals surface area contributed by atoms with E-state index in [0.717, 1.165) is 0 Å². The van der Waals surface area contributed by atoms with Crippen LogP contribution >= 0.6 is 15.9 Å². The van der Waals surface area contributed by atoms with Crippen molar-refractivity contribution in [2.24, 2.45) is 28.8 Å². The molecule has 0 aromatic heterocycles. The number of ether oxygens (including phenoxy) is 7. The molecule has 4 unspecified atom stereocenters. The number of oxime groups is 1. The van der Waals surface area contributed by atoms with Gasteiger partial charge in [0.2, 0.25) is 0 Å². The second kappa shape index (κ2) is 20.5. The minimum absolute atomic E-state index is 0.140. The van der Waals surface area contributed by atoms with Crippen LogP contribution in [0.4, 0.5) is 0 Å². The number of rotatable bonds is 11. The number of hydrogen-bond acceptors (Lipinski definition) is 15. The number of aliphatic hydroxyl groups excluding tert-OH is 3. The summed E-state index contributed by atoms with van der Waals surface area (Å²) >= 11 is 3.37. The van der Waals surface area contributed by atoms with Crippen LogP contribution < -0.4 is 0 Å². The second-order valence-electron chi connectivity index (χ2n) is 17.3. The smallest absolute Gasteiger partial charge is 0.311 e. The number of alkyl halides is 1. The molecule has 0 aliphatic carbocycles. The van der Waals surface area contributed by atoms with Gasteiger partial charge in [0.25, 0.3) is 0 Å². The Morgan fingerprint density at radius 1 is 0.911 bits per heavy atom. The first-order chi connectivity index (χ1) is 26.0. The quantitative estimate of drug-likeness (QED) is 0.102. The van der Waals surface area contributed by atoms with Gasteiger partial charge >= 0.3 is 5.97 Å². The fourth-order valence-electron chi connectivity index (χ4n) is 8.92. The summed E-state index contributed by atoms with van der Waals surface area (Å²) < 4.78 is 44.6. The summed E-state index contributed by atoms with van der Waals surface area (Å²) in [6, 6.07) is -0.270. The fraction of sp³-hybridized carbons (Fsp3) is 0.950. The molecule has 0 spiro atoms. The van der Waals surface area contributed by atoms with Gasteiger partial charge in [0.05, 0.1) is 53.4 Å².